The van der Waals surface area contributed by atoms with Crippen LogP contribution in [0.25, 0.3) is 0 Å². The van der Waals surface area contributed by atoms with Gasteiger partial charge >= 0.3 is 0 Å². The lowest BCUT2D eigenvalue weighted by molar-refractivity contribution is -0.384. The fourth-order valence-corrected chi connectivity index (χ4v) is 3.46. The summed E-state index contributed by atoms with van der Waals surface area (Å²) < 4.78 is 0. The van der Waals surface area contributed by atoms with E-state index in [4.69, 9.17) is 0 Å². The topological polar surface area (TPSA) is 87.0 Å². The van der Waals surface area contributed by atoms with E-state index in [1.54, 1.807) is 12.1 Å². The highest BCUT2D eigenvalue weighted by molar-refractivity contribution is 6.20. The number of piperazine rings is 1. The molecule has 3 rings (SSSR count). The third kappa shape index (κ3) is 3.60. The van der Waals surface area contributed by atoms with E-state index in [2.05, 4.69) is 11.5 Å². The molecule has 0 aliphatic carbocycles. The second-order valence-corrected chi connectivity index (χ2v) is 6.77. The Morgan fingerprint density at radius 2 is 1.77 bits per heavy atom. The van der Waals surface area contributed by atoms with Gasteiger partial charge in [-0.1, -0.05) is 12.2 Å². The smallest absolute Gasteiger partial charge is 0.294 e. The molecule has 0 bridgehead atoms. The molecule has 0 atom stereocenters. The summed E-state index contributed by atoms with van der Waals surface area (Å²) in [5.41, 5.74) is 1.80. The average molecular weight is 358 g/mol. The summed E-state index contributed by atoms with van der Waals surface area (Å²) in [5, 5.41) is 11.6. The molecule has 138 valence electrons. The zero-order chi connectivity index (χ0) is 18.8. The van der Waals surface area contributed by atoms with Crippen molar-refractivity contribution in [3.8, 4) is 0 Å². The number of benzene rings is 1. The molecule has 2 aliphatic heterocycles. The molecule has 0 radical (unpaired) electrons. The molecule has 1 aromatic carbocycles. The van der Waals surface area contributed by atoms with Crippen LogP contribution in [-0.4, -0.2) is 54.4 Å². The Labute approximate surface area is 151 Å². The number of anilines is 2. The van der Waals surface area contributed by atoms with E-state index in [1.807, 2.05) is 11.8 Å². The zero-order valence-electron chi connectivity index (χ0n) is 14.8. The summed E-state index contributed by atoms with van der Waals surface area (Å²) >= 11 is 0. The summed E-state index contributed by atoms with van der Waals surface area (Å²) in [6.45, 7) is 9.68. The van der Waals surface area contributed by atoms with Crippen LogP contribution in [0.5, 0.6) is 0 Å². The maximum atomic E-state index is 11.9. The predicted molar refractivity (Wildman–Crippen MR) is 98.3 cm³/mol. The van der Waals surface area contributed by atoms with Gasteiger partial charge in [0.1, 0.15) is 5.69 Å². The number of nitro groups is 1. The van der Waals surface area contributed by atoms with Gasteiger partial charge in [-0.25, -0.2) is 0 Å². The Kier molecular flexibility index (Phi) is 5.03. The molecule has 2 aliphatic rings. The first-order valence-electron chi connectivity index (χ1n) is 8.62. The number of carbonyl (C=O) groups is 2. The summed E-state index contributed by atoms with van der Waals surface area (Å²) in [7, 11) is 0. The first kappa shape index (κ1) is 18.1. The summed E-state index contributed by atoms with van der Waals surface area (Å²) in [4.78, 5) is 40.2. The fourth-order valence-electron chi connectivity index (χ4n) is 3.46. The molecule has 2 saturated heterocycles. The molecule has 1 aromatic rings. The van der Waals surface area contributed by atoms with Crippen LogP contribution in [-0.2, 0) is 9.59 Å². The van der Waals surface area contributed by atoms with Crippen LogP contribution in [0.3, 0.4) is 0 Å². The number of carbonyl (C=O) groups excluding carboxylic acids is 2. The fraction of sp³-hybridized carbons (Fsp3) is 0.444. The van der Waals surface area contributed by atoms with Crippen LogP contribution < -0.4 is 9.80 Å². The van der Waals surface area contributed by atoms with Gasteiger partial charge in [0.05, 0.1) is 10.6 Å². The van der Waals surface area contributed by atoms with Crippen molar-refractivity contribution in [3.63, 3.8) is 0 Å². The minimum Gasteiger partial charge on any atom is -0.363 e. The van der Waals surface area contributed by atoms with E-state index in [-0.39, 0.29) is 36.0 Å². The molecule has 2 amide bonds. The lowest BCUT2D eigenvalue weighted by atomic mass is 10.1. The largest absolute Gasteiger partial charge is 0.363 e. The number of imide groups is 1. The van der Waals surface area contributed by atoms with Crippen LogP contribution in [0.1, 0.15) is 19.8 Å². The van der Waals surface area contributed by atoms with Crippen LogP contribution in [0, 0.1) is 10.1 Å². The van der Waals surface area contributed by atoms with Crippen LogP contribution >= 0.6 is 0 Å². The Hall–Kier alpha value is -2.74. The van der Waals surface area contributed by atoms with E-state index < -0.39 is 4.92 Å². The van der Waals surface area contributed by atoms with Crippen molar-refractivity contribution in [2.75, 3.05) is 42.5 Å². The van der Waals surface area contributed by atoms with Gasteiger partial charge < -0.3 is 4.90 Å². The van der Waals surface area contributed by atoms with Gasteiger partial charge in [0.2, 0.25) is 11.8 Å². The molecular formula is C18H22N4O4. The van der Waals surface area contributed by atoms with Crippen molar-refractivity contribution in [1.29, 1.82) is 0 Å². The van der Waals surface area contributed by atoms with Gasteiger partial charge in [0.25, 0.3) is 5.69 Å². The Bertz CT molecular complexity index is 752. The molecule has 0 N–H and O–H groups in total. The van der Waals surface area contributed by atoms with E-state index >= 15 is 0 Å². The normalized spacial score (nSPS) is 18.5. The summed E-state index contributed by atoms with van der Waals surface area (Å²) in [5.74, 6) is -0.629. The minimum atomic E-state index is -0.454. The second kappa shape index (κ2) is 7.25. The van der Waals surface area contributed by atoms with Crippen LogP contribution in [0.4, 0.5) is 17.1 Å². The average Bonchev–Trinajstić information content (AvgIpc) is 2.93. The van der Waals surface area contributed by atoms with E-state index in [0.717, 1.165) is 30.1 Å². The quantitative estimate of drug-likeness (QED) is 0.346. The number of nitrogens with zero attached hydrogens (tertiary/aromatic N) is 4. The first-order valence-corrected chi connectivity index (χ1v) is 8.62. The second-order valence-electron chi connectivity index (χ2n) is 6.77. The lowest BCUT2D eigenvalue weighted by Gasteiger charge is -2.36. The van der Waals surface area contributed by atoms with Crippen molar-refractivity contribution in [2.24, 2.45) is 0 Å². The summed E-state index contributed by atoms with van der Waals surface area (Å²) in [6.07, 6.45) is 0.304. The first-order chi connectivity index (χ1) is 12.4. The van der Waals surface area contributed by atoms with Gasteiger partial charge in [-0.05, 0) is 19.1 Å². The number of rotatable bonds is 5. The maximum absolute atomic E-state index is 11.9. The molecule has 0 spiro atoms. The summed E-state index contributed by atoms with van der Waals surface area (Å²) in [6, 6.07) is 4.58. The van der Waals surface area contributed by atoms with Crippen LogP contribution in [0.15, 0.2) is 30.4 Å². The van der Waals surface area contributed by atoms with Crippen molar-refractivity contribution in [3.05, 3.63) is 40.5 Å². The monoisotopic (exact) mass is 358 g/mol. The van der Waals surface area contributed by atoms with Crippen molar-refractivity contribution < 1.29 is 14.5 Å². The van der Waals surface area contributed by atoms with Crippen molar-refractivity contribution >= 4 is 28.9 Å². The molecule has 0 saturated carbocycles. The lowest BCUT2D eigenvalue weighted by Crippen LogP contribution is -2.47. The third-order valence-electron chi connectivity index (χ3n) is 4.67. The van der Waals surface area contributed by atoms with E-state index in [0.29, 0.717) is 18.8 Å². The highest BCUT2D eigenvalue weighted by Crippen LogP contribution is 2.34. The molecule has 0 unspecified atom stereocenters. The number of nitro benzene ring substituents is 1. The number of hydrogen-bond acceptors (Lipinski definition) is 6. The molecule has 8 heteroatoms. The van der Waals surface area contributed by atoms with Gasteiger partial charge in [0, 0.05) is 51.6 Å². The van der Waals surface area contributed by atoms with Gasteiger partial charge in [-0.15, -0.1) is 0 Å². The molecule has 26 heavy (non-hydrogen) atoms. The third-order valence-corrected chi connectivity index (χ3v) is 4.67. The van der Waals surface area contributed by atoms with Crippen LogP contribution in [0.2, 0.25) is 0 Å². The Morgan fingerprint density at radius 3 is 2.31 bits per heavy atom. The van der Waals surface area contributed by atoms with Crippen molar-refractivity contribution in [1.82, 2.24) is 4.90 Å². The SMILES string of the molecule is C=C(C)CN1CCN(c2ccc(N3C(=O)CCC3=O)cc2[N+](=O)[O-])CC1. The Morgan fingerprint density at radius 1 is 1.15 bits per heavy atom. The highest BCUT2D eigenvalue weighted by atomic mass is 16.6. The maximum Gasteiger partial charge on any atom is 0.294 e. The molecule has 2 fully saturated rings. The van der Waals surface area contributed by atoms with Gasteiger partial charge in [-0.2, -0.15) is 0 Å². The van der Waals surface area contributed by atoms with Crippen molar-refractivity contribution in [2.45, 2.75) is 19.8 Å². The standard InChI is InChI=1S/C18H22N4O4/c1-13(2)12-19-7-9-20(10-8-19)15-4-3-14(11-16(15)22(25)26)21-17(23)5-6-18(21)24/h3-4,11H,1,5-10,12H2,2H3. The van der Waals surface area contributed by atoms with E-state index in [9.17, 15) is 19.7 Å². The predicted octanol–water partition coefficient (Wildman–Crippen LogP) is 1.95. The number of hydrogen-bond donors (Lipinski definition) is 0. The molecule has 0 aromatic heterocycles. The zero-order valence-corrected chi connectivity index (χ0v) is 14.8. The molecule has 2 heterocycles. The minimum absolute atomic E-state index is 0.0802. The van der Waals surface area contributed by atoms with E-state index in [1.165, 1.54) is 6.07 Å². The van der Waals surface area contributed by atoms with Gasteiger partial charge in [-0.3, -0.25) is 29.5 Å². The van der Waals surface area contributed by atoms with Gasteiger partial charge in [0.15, 0.2) is 0 Å². The Balaban J connectivity index is 1.82. The highest BCUT2D eigenvalue weighted by Gasteiger charge is 2.32. The molecular weight excluding hydrogens is 336 g/mol. The molecule has 8 nitrogen and oxygen atoms in total. The number of amides is 2.